The number of phenolic OH excluding ortho intramolecular Hbond substituents is 1. The van der Waals surface area contributed by atoms with E-state index in [4.69, 9.17) is 4.74 Å². The number of nitrogens with zero attached hydrogens (tertiary/aromatic N) is 3. The summed E-state index contributed by atoms with van der Waals surface area (Å²) in [7, 11) is 0. The number of rotatable bonds is 5. The number of aromatic hydroxyl groups is 1. The molecule has 6 nitrogen and oxygen atoms in total. The first-order chi connectivity index (χ1) is 13.3. The molecule has 1 saturated heterocycles. The Morgan fingerprint density at radius 3 is 2.61 bits per heavy atom. The molecular weight excluding hydrogens is 375 g/mol. The first kappa shape index (κ1) is 19.9. The zero-order chi connectivity index (χ0) is 20.3. The number of benzene rings is 1. The van der Waals surface area contributed by atoms with Gasteiger partial charge in [0.2, 0.25) is 5.95 Å². The number of hydrogen-bond donors (Lipinski definition) is 1. The van der Waals surface area contributed by atoms with E-state index in [1.54, 1.807) is 36.1 Å². The van der Waals surface area contributed by atoms with Crippen LogP contribution in [0.2, 0.25) is 0 Å². The van der Waals surface area contributed by atoms with E-state index in [9.17, 15) is 23.1 Å². The molecule has 0 spiro atoms. The van der Waals surface area contributed by atoms with Gasteiger partial charge in [0.05, 0.1) is 12.5 Å². The Morgan fingerprint density at radius 2 is 1.96 bits per heavy atom. The SMILES string of the molecule is CCOC(=O)[C@@H]1CN(c2nccc(C(F)(F)F)n2)C[C@@H]1Cc1ccc(O)cc1. The van der Waals surface area contributed by atoms with Crippen molar-refractivity contribution < 1.29 is 27.8 Å². The second kappa shape index (κ2) is 8.04. The van der Waals surface area contributed by atoms with E-state index in [1.165, 1.54) is 0 Å². The predicted octanol–water partition coefficient (Wildman–Crippen LogP) is 3.06. The van der Waals surface area contributed by atoms with Gasteiger partial charge < -0.3 is 14.7 Å². The van der Waals surface area contributed by atoms with Crippen LogP contribution in [0.5, 0.6) is 5.75 Å². The summed E-state index contributed by atoms with van der Waals surface area (Å²) in [5.74, 6) is -0.997. The van der Waals surface area contributed by atoms with Gasteiger partial charge in [-0.05, 0) is 43.0 Å². The second-order valence-corrected chi connectivity index (χ2v) is 6.63. The summed E-state index contributed by atoms with van der Waals surface area (Å²) in [6, 6.07) is 7.42. The molecule has 0 radical (unpaired) electrons. The molecule has 0 aliphatic carbocycles. The van der Waals surface area contributed by atoms with Crippen molar-refractivity contribution in [2.24, 2.45) is 11.8 Å². The fourth-order valence-electron chi connectivity index (χ4n) is 3.35. The van der Waals surface area contributed by atoms with Crippen LogP contribution in [0.3, 0.4) is 0 Å². The molecule has 0 amide bonds. The minimum absolute atomic E-state index is 0.0580. The largest absolute Gasteiger partial charge is 0.508 e. The zero-order valence-electron chi connectivity index (χ0n) is 15.2. The van der Waals surface area contributed by atoms with Crippen molar-refractivity contribution in [2.75, 3.05) is 24.6 Å². The van der Waals surface area contributed by atoms with Crippen LogP contribution >= 0.6 is 0 Å². The summed E-state index contributed by atoms with van der Waals surface area (Å²) < 4.78 is 44.0. The van der Waals surface area contributed by atoms with Gasteiger partial charge in [-0.1, -0.05) is 12.1 Å². The third kappa shape index (κ3) is 4.52. The van der Waals surface area contributed by atoms with Crippen molar-refractivity contribution in [1.29, 1.82) is 0 Å². The molecule has 1 fully saturated rings. The summed E-state index contributed by atoms with van der Waals surface area (Å²) in [4.78, 5) is 21.6. The van der Waals surface area contributed by atoms with E-state index in [-0.39, 0.29) is 36.7 Å². The average Bonchev–Trinajstić information content (AvgIpc) is 3.07. The molecule has 3 rings (SSSR count). The Bertz CT molecular complexity index is 827. The van der Waals surface area contributed by atoms with E-state index in [2.05, 4.69) is 9.97 Å². The number of phenols is 1. The van der Waals surface area contributed by atoms with Gasteiger partial charge in [0, 0.05) is 19.3 Å². The Kier molecular flexibility index (Phi) is 5.71. The van der Waals surface area contributed by atoms with Crippen molar-refractivity contribution in [3.8, 4) is 5.75 Å². The van der Waals surface area contributed by atoms with Crippen LogP contribution in [0, 0.1) is 11.8 Å². The molecule has 1 aromatic heterocycles. The minimum Gasteiger partial charge on any atom is -0.508 e. The Morgan fingerprint density at radius 1 is 1.25 bits per heavy atom. The van der Waals surface area contributed by atoms with E-state index < -0.39 is 17.8 Å². The lowest BCUT2D eigenvalue weighted by Gasteiger charge is -2.17. The molecule has 2 heterocycles. The van der Waals surface area contributed by atoms with Gasteiger partial charge in [-0.2, -0.15) is 13.2 Å². The molecule has 28 heavy (non-hydrogen) atoms. The smallest absolute Gasteiger partial charge is 0.433 e. The van der Waals surface area contributed by atoms with Gasteiger partial charge in [0.25, 0.3) is 0 Å². The molecule has 0 saturated carbocycles. The van der Waals surface area contributed by atoms with Crippen LogP contribution in [0.4, 0.5) is 19.1 Å². The van der Waals surface area contributed by atoms with Gasteiger partial charge in [0.15, 0.2) is 0 Å². The molecule has 1 aromatic carbocycles. The van der Waals surface area contributed by atoms with Crippen LogP contribution in [0.15, 0.2) is 36.5 Å². The van der Waals surface area contributed by atoms with Crippen molar-refractivity contribution in [3.63, 3.8) is 0 Å². The van der Waals surface area contributed by atoms with Crippen LogP contribution in [0.1, 0.15) is 18.2 Å². The third-order valence-corrected chi connectivity index (χ3v) is 4.68. The van der Waals surface area contributed by atoms with Gasteiger partial charge in [-0.3, -0.25) is 4.79 Å². The number of alkyl halides is 3. The van der Waals surface area contributed by atoms with Crippen LogP contribution in [-0.2, 0) is 22.1 Å². The minimum atomic E-state index is -4.57. The second-order valence-electron chi connectivity index (χ2n) is 6.63. The molecule has 0 unspecified atom stereocenters. The van der Waals surface area contributed by atoms with Gasteiger partial charge in [0.1, 0.15) is 11.4 Å². The summed E-state index contributed by atoms with van der Waals surface area (Å²) in [5, 5.41) is 9.42. The number of carbonyl (C=O) groups is 1. The number of ether oxygens (including phenoxy) is 1. The molecular formula is C19H20F3N3O3. The average molecular weight is 395 g/mol. The highest BCUT2D eigenvalue weighted by Gasteiger charge is 2.40. The molecule has 9 heteroatoms. The number of esters is 1. The van der Waals surface area contributed by atoms with Crippen LogP contribution in [0.25, 0.3) is 0 Å². The highest BCUT2D eigenvalue weighted by molar-refractivity contribution is 5.74. The number of carbonyl (C=O) groups excluding carboxylic acids is 1. The Hall–Kier alpha value is -2.84. The number of halogens is 3. The zero-order valence-corrected chi connectivity index (χ0v) is 15.2. The molecule has 1 aliphatic rings. The molecule has 0 bridgehead atoms. The van der Waals surface area contributed by atoms with Gasteiger partial charge in [-0.25, -0.2) is 9.97 Å². The fourth-order valence-corrected chi connectivity index (χ4v) is 3.35. The number of hydrogen-bond acceptors (Lipinski definition) is 6. The molecule has 150 valence electrons. The lowest BCUT2D eigenvalue weighted by atomic mass is 9.90. The van der Waals surface area contributed by atoms with Crippen LogP contribution < -0.4 is 4.90 Å². The fraction of sp³-hybridized carbons (Fsp3) is 0.421. The first-order valence-electron chi connectivity index (χ1n) is 8.87. The highest BCUT2D eigenvalue weighted by atomic mass is 19.4. The predicted molar refractivity (Wildman–Crippen MR) is 94.7 cm³/mol. The highest BCUT2D eigenvalue weighted by Crippen LogP contribution is 2.32. The maximum absolute atomic E-state index is 13.0. The molecule has 2 aromatic rings. The van der Waals surface area contributed by atoms with Crippen molar-refractivity contribution in [2.45, 2.75) is 19.5 Å². The van der Waals surface area contributed by atoms with Crippen molar-refractivity contribution in [3.05, 3.63) is 47.8 Å². The lowest BCUT2D eigenvalue weighted by Crippen LogP contribution is -2.27. The standard InChI is InChI=1S/C19H20F3N3O3/c1-2-28-17(27)15-11-25(18-23-8-7-16(24-18)19(20,21)22)10-13(15)9-12-3-5-14(26)6-4-12/h3-8,13,15,26H,2,9-11H2,1H3/t13-,15+/m0/s1. The van der Waals surface area contributed by atoms with E-state index in [1.807, 2.05) is 0 Å². The lowest BCUT2D eigenvalue weighted by molar-refractivity contribution is -0.148. The summed E-state index contributed by atoms with van der Waals surface area (Å²) >= 11 is 0. The Labute approximate surface area is 160 Å². The maximum atomic E-state index is 13.0. The first-order valence-corrected chi connectivity index (χ1v) is 8.87. The Balaban J connectivity index is 1.83. The maximum Gasteiger partial charge on any atom is 0.433 e. The summed E-state index contributed by atoms with van der Waals surface area (Å²) in [6.07, 6.45) is -2.99. The van der Waals surface area contributed by atoms with E-state index in [0.29, 0.717) is 13.0 Å². The van der Waals surface area contributed by atoms with Crippen molar-refractivity contribution in [1.82, 2.24) is 9.97 Å². The number of aromatic nitrogens is 2. The molecule has 1 aliphatic heterocycles. The quantitative estimate of drug-likeness (QED) is 0.785. The number of anilines is 1. The molecule has 1 N–H and O–H groups in total. The monoisotopic (exact) mass is 395 g/mol. The molecule has 2 atom stereocenters. The van der Waals surface area contributed by atoms with E-state index in [0.717, 1.165) is 17.8 Å². The van der Waals surface area contributed by atoms with Gasteiger partial charge in [-0.15, -0.1) is 0 Å². The van der Waals surface area contributed by atoms with E-state index >= 15 is 0 Å². The topological polar surface area (TPSA) is 75.5 Å². The normalized spacial score (nSPS) is 19.6. The summed E-state index contributed by atoms with van der Waals surface area (Å²) in [5.41, 5.74) is -0.115. The van der Waals surface area contributed by atoms with Crippen molar-refractivity contribution >= 4 is 11.9 Å². The van der Waals surface area contributed by atoms with Gasteiger partial charge >= 0.3 is 12.1 Å². The summed E-state index contributed by atoms with van der Waals surface area (Å²) in [6.45, 7) is 2.44. The third-order valence-electron chi connectivity index (χ3n) is 4.68. The van der Waals surface area contributed by atoms with Crippen LogP contribution in [-0.4, -0.2) is 40.7 Å².